The van der Waals surface area contributed by atoms with E-state index in [-0.39, 0.29) is 42.7 Å². The lowest BCUT2D eigenvalue weighted by Crippen LogP contribution is -2.40. The highest BCUT2D eigenvalue weighted by atomic mass is 16.5. The molecule has 0 bridgehead atoms. The second kappa shape index (κ2) is 11.4. The molecule has 2 amide bonds. The number of nitrogens with zero attached hydrogens (tertiary/aromatic N) is 2. The molecule has 7 heteroatoms. The lowest BCUT2D eigenvalue weighted by atomic mass is 10.2. The second-order valence-corrected chi connectivity index (χ2v) is 7.17. The standard InChI is InChI=1S/C22H31N3O4/c1-5-16(3)23-22(27)19-14-29-20(24-19)12-25(17(4)6-2)21(26)15-28-13-18-10-8-7-9-11-18/h7-11,14,16-17H,5-6,12-13,15H2,1-4H3,(H,23,27)/t16-,17+/m1/s1. The third kappa shape index (κ3) is 7.02. The van der Waals surface area contributed by atoms with Gasteiger partial charge in [-0.3, -0.25) is 9.59 Å². The number of hydrogen-bond donors (Lipinski definition) is 1. The molecule has 0 spiro atoms. The van der Waals surface area contributed by atoms with Gasteiger partial charge >= 0.3 is 0 Å². The third-order valence-electron chi connectivity index (χ3n) is 4.86. The summed E-state index contributed by atoms with van der Waals surface area (Å²) in [6, 6.07) is 9.76. The van der Waals surface area contributed by atoms with Crippen molar-refractivity contribution in [2.24, 2.45) is 0 Å². The zero-order valence-corrected chi connectivity index (χ0v) is 17.7. The van der Waals surface area contributed by atoms with Gasteiger partial charge in [-0.25, -0.2) is 4.98 Å². The first-order chi connectivity index (χ1) is 13.9. The maximum absolute atomic E-state index is 12.7. The van der Waals surface area contributed by atoms with Gasteiger partial charge in [0.05, 0.1) is 13.2 Å². The highest BCUT2D eigenvalue weighted by molar-refractivity contribution is 5.92. The van der Waals surface area contributed by atoms with Crippen LogP contribution in [0.4, 0.5) is 0 Å². The highest BCUT2D eigenvalue weighted by Gasteiger charge is 2.22. The lowest BCUT2D eigenvalue weighted by Gasteiger charge is -2.27. The minimum absolute atomic E-state index is 0.00730. The monoisotopic (exact) mass is 401 g/mol. The van der Waals surface area contributed by atoms with E-state index in [1.807, 2.05) is 58.0 Å². The number of benzene rings is 1. The van der Waals surface area contributed by atoms with E-state index in [0.717, 1.165) is 18.4 Å². The quantitative estimate of drug-likeness (QED) is 0.622. The van der Waals surface area contributed by atoms with E-state index in [9.17, 15) is 9.59 Å². The molecule has 0 aliphatic heterocycles. The third-order valence-corrected chi connectivity index (χ3v) is 4.86. The molecule has 0 aliphatic carbocycles. The van der Waals surface area contributed by atoms with Crippen molar-refractivity contribution in [1.82, 2.24) is 15.2 Å². The number of hydrogen-bond acceptors (Lipinski definition) is 5. The Morgan fingerprint density at radius 1 is 1.17 bits per heavy atom. The van der Waals surface area contributed by atoms with Crippen molar-refractivity contribution in [2.75, 3.05) is 6.61 Å². The van der Waals surface area contributed by atoms with Gasteiger partial charge in [-0.05, 0) is 32.3 Å². The van der Waals surface area contributed by atoms with Gasteiger partial charge in [0.1, 0.15) is 12.9 Å². The summed E-state index contributed by atoms with van der Waals surface area (Å²) in [7, 11) is 0. The molecule has 0 fully saturated rings. The Morgan fingerprint density at radius 3 is 2.55 bits per heavy atom. The first-order valence-corrected chi connectivity index (χ1v) is 10.1. The van der Waals surface area contributed by atoms with Crippen molar-refractivity contribution in [3.8, 4) is 0 Å². The first kappa shape index (κ1) is 22.6. The van der Waals surface area contributed by atoms with Crippen LogP contribution >= 0.6 is 0 Å². The fourth-order valence-electron chi connectivity index (χ4n) is 2.66. The van der Waals surface area contributed by atoms with Crippen LogP contribution in [0, 0.1) is 0 Å². The van der Waals surface area contributed by atoms with Crippen LogP contribution in [-0.2, 0) is 22.7 Å². The van der Waals surface area contributed by atoms with E-state index in [1.54, 1.807) is 4.90 Å². The zero-order chi connectivity index (χ0) is 21.2. The number of aromatic nitrogens is 1. The second-order valence-electron chi connectivity index (χ2n) is 7.17. The molecule has 158 valence electrons. The van der Waals surface area contributed by atoms with E-state index in [0.29, 0.717) is 12.5 Å². The molecule has 29 heavy (non-hydrogen) atoms. The number of rotatable bonds is 11. The van der Waals surface area contributed by atoms with E-state index in [4.69, 9.17) is 9.15 Å². The topological polar surface area (TPSA) is 84.7 Å². The Balaban J connectivity index is 1.96. The van der Waals surface area contributed by atoms with Gasteiger partial charge in [0.15, 0.2) is 5.69 Å². The van der Waals surface area contributed by atoms with Crippen LogP contribution in [0.5, 0.6) is 0 Å². The number of carbonyl (C=O) groups is 2. The highest BCUT2D eigenvalue weighted by Crippen LogP contribution is 2.12. The number of amides is 2. The zero-order valence-electron chi connectivity index (χ0n) is 17.7. The summed E-state index contributed by atoms with van der Waals surface area (Å²) >= 11 is 0. The SMILES string of the molecule is CC[C@@H](C)NC(=O)c1coc(CN(C(=O)COCc2ccccc2)[C@@H](C)CC)n1. The maximum Gasteiger partial charge on any atom is 0.273 e. The number of carbonyl (C=O) groups excluding carboxylic acids is 2. The summed E-state index contributed by atoms with van der Waals surface area (Å²) in [4.78, 5) is 30.8. The van der Waals surface area contributed by atoms with Crippen molar-refractivity contribution < 1.29 is 18.7 Å². The summed E-state index contributed by atoms with van der Waals surface area (Å²) in [5.74, 6) is -0.0861. The van der Waals surface area contributed by atoms with Gasteiger partial charge in [0.2, 0.25) is 11.8 Å². The van der Waals surface area contributed by atoms with Gasteiger partial charge in [0, 0.05) is 12.1 Å². The first-order valence-electron chi connectivity index (χ1n) is 10.1. The molecular weight excluding hydrogens is 370 g/mol. The van der Waals surface area contributed by atoms with E-state index in [2.05, 4.69) is 10.3 Å². The Hall–Kier alpha value is -2.67. The number of ether oxygens (including phenoxy) is 1. The summed E-state index contributed by atoms with van der Waals surface area (Å²) in [6.45, 7) is 8.44. The van der Waals surface area contributed by atoms with Crippen LogP contribution in [0.15, 0.2) is 41.0 Å². The summed E-state index contributed by atoms with van der Waals surface area (Å²) in [6.07, 6.45) is 2.94. The van der Waals surface area contributed by atoms with Crippen molar-refractivity contribution in [3.63, 3.8) is 0 Å². The molecule has 0 aliphatic rings. The predicted molar refractivity (Wildman–Crippen MR) is 110 cm³/mol. The van der Waals surface area contributed by atoms with Gasteiger partial charge < -0.3 is 19.4 Å². The van der Waals surface area contributed by atoms with Gasteiger partial charge in [-0.15, -0.1) is 0 Å². The van der Waals surface area contributed by atoms with Crippen LogP contribution in [0.25, 0.3) is 0 Å². The predicted octanol–water partition coefficient (Wildman–Crippen LogP) is 3.55. The maximum atomic E-state index is 12.7. The Morgan fingerprint density at radius 2 is 1.90 bits per heavy atom. The average Bonchev–Trinajstić information content (AvgIpc) is 3.21. The van der Waals surface area contributed by atoms with Crippen LogP contribution in [0.1, 0.15) is 62.5 Å². The number of nitrogens with one attached hydrogen (secondary N) is 1. The molecule has 2 rings (SSSR count). The van der Waals surface area contributed by atoms with Crippen molar-refractivity contribution in [3.05, 3.63) is 53.7 Å². The molecule has 7 nitrogen and oxygen atoms in total. The van der Waals surface area contributed by atoms with Crippen LogP contribution in [0.2, 0.25) is 0 Å². The van der Waals surface area contributed by atoms with Gasteiger partial charge in [0.25, 0.3) is 5.91 Å². The molecule has 2 aromatic rings. The summed E-state index contributed by atoms with van der Waals surface area (Å²) in [5, 5.41) is 2.85. The van der Waals surface area contributed by atoms with Crippen molar-refractivity contribution in [2.45, 2.75) is 65.8 Å². The largest absolute Gasteiger partial charge is 0.446 e. The smallest absolute Gasteiger partial charge is 0.273 e. The molecule has 1 aromatic carbocycles. The summed E-state index contributed by atoms with van der Waals surface area (Å²) < 4.78 is 11.0. The average molecular weight is 402 g/mol. The molecule has 1 heterocycles. The minimum Gasteiger partial charge on any atom is -0.446 e. The molecule has 0 radical (unpaired) electrons. The van der Waals surface area contributed by atoms with Crippen LogP contribution in [0.3, 0.4) is 0 Å². The summed E-state index contributed by atoms with van der Waals surface area (Å²) in [5.41, 5.74) is 1.23. The van der Waals surface area contributed by atoms with Gasteiger partial charge in [-0.1, -0.05) is 44.2 Å². The molecule has 1 aromatic heterocycles. The Bertz CT molecular complexity index is 775. The molecule has 1 N–H and O–H groups in total. The Labute approximate surface area is 172 Å². The molecule has 0 saturated heterocycles. The van der Waals surface area contributed by atoms with Gasteiger partial charge in [-0.2, -0.15) is 0 Å². The van der Waals surface area contributed by atoms with Crippen LogP contribution < -0.4 is 5.32 Å². The fraction of sp³-hybridized carbons (Fsp3) is 0.500. The molecular formula is C22H31N3O4. The van der Waals surface area contributed by atoms with Crippen LogP contribution in [-0.4, -0.2) is 40.4 Å². The normalized spacial score (nSPS) is 13.0. The minimum atomic E-state index is -0.276. The van der Waals surface area contributed by atoms with Crippen molar-refractivity contribution in [1.29, 1.82) is 0 Å². The molecule has 0 saturated carbocycles. The fourth-order valence-corrected chi connectivity index (χ4v) is 2.66. The lowest BCUT2D eigenvalue weighted by molar-refractivity contribution is -0.139. The molecule has 0 unspecified atom stereocenters. The van der Waals surface area contributed by atoms with E-state index < -0.39 is 0 Å². The van der Waals surface area contributed by atoms with E-state index in [1.165, 1.54) is 6.26 Å². The molecule has 2 atom stereocenters. The van der Waals surface area contributed by atoms with E-state index >= 15 is 0 Å². The van der Waals surface area contributed by atoms with Crippen molar-refractivity contribution >= 4 is 11.8 Å². The Kier molecular flexibility index (Phi) is 8.86. The number of oxazole rings is 1.